The van der Waals surface area contributed by atoms with E-state index in [-0.39, 0.29) is 18.0 Å². The van der Waals surface area contributed by atoms with E-state index in [1.165, 1.54) is 7.11 Å². The van der Waals surface area contributed by atoms with E-state index in [1.54, 1.807) is 6.07 Å². The highest BCUT2D eigenvalue weighted by molar-refractivity contribution is 5.33. The number of halogens is 1. The zero-order valence-corrected chi connectivity index (χ0v) is 12.3. The highest BCUT2D eigenvalue weighted by Gasteiger charge is 2.24. The van der Waals surface area contributed by atoms with Crippen LogP contribution in [-0.4, -0.2) is 26.4 Å². The number of rotatable bonds is 7. The standard InChI is InChI=1S/C16H24FNO2/c1-3-9-18-14(11-12-6-5-10-20-12)13-7-4-8-15(19-2)16(13)17/h4,7-8,12,14,18H,3,5-6,9-11H2,1-2H3. The summed E-state index contributed by atoms with van der Waals surface area (Å²) in [5, 5.41) is 3.43. The molecule has 0 spiro atoms. The Morgan fingerprint density at radius 2 is 2.35 bits per heavy atom. The van der Waals surface area contributed by atoms with Crippen molar-refractivity contribution in [2.24, 2.45) is 0 Å². The van der Waals surface area contributed by atoms with E-state index in [2.05, 4.69) is 12.2 Å². The average molecular weight is 281 g/mol. The number of nitrogens with one attached hydrogen (secondary N) is 1. The third-order valence-corrected chi connectivity index (χ3v) is 3.75. The number of methoxy groups -OCH3 is 1. The predicted molar refractivity (Wildman–Crippen MR) is 77.6 cm³/mol. The normalized spacial score (nSPS) is 20.1. The van der Waals surface area contributed by atoms with Crippen LogP contribution in [0.2, 0.25) is 0 Å². The molecule has 1 aromatic carbocycles. The first-order valence-electron chi connectivity index (χ1n) is 7.43. The molecule has 3 nitrogen and oxygen atoms in total. The van der Waals surface area contributed by atoms with Crippen molar-refractivity contribution < 1.29 is 13.9 Å². The SMILES string of the molecule is CCCNC(CC1CCCO1)c1cccc(OC)c1F. The van der Waals surface area contributed by atoms with Gasteiger partial charge in [0.1, 0.15) is 0 Å². The minimum absolute atomic E-state index is 0.0202. The van der Waals surface area contributed by atoms with Gasteiger partial charge in [-0.25, -0.2) is 4.39 Å². The highest BCUT2D eigenvalue weighted by atomic mass is 19.1. The van der Waals surface area contributed by atoms with Crippen LogP contribution in [0.1, 0.15) is 44.2 Å². The summed E-state index contributed by atoms with van der Waals surface area (Å²) in [4.78, 5) is 0. The molecule has 1 heterocycles. The molecule has 1 aliphatic rings. The van der Waals surface area contributed by atoms with E-state index >= 15 is 0 Å². The van der Waals surface area contributed by atoms with E-state index in [1.807, 2.05) is 12.1 Å². The molecule has 1 saturated heterocycles. The van der Waals surface area contributed by atoms with E-state index < -0.39 is 0 Å². The smallest absolute Gasteiger partial charge is 0.169 e. The Bertz CT molecular complexity index is 419. The van der Waals surface area contributed by atoms with Crippen molar-refractivity contribution in [1.82, 2.24) is 5.32 Å². The minimum Gasteiger partial charge on any atom is -0.494 e. The number of benzene rings is 1. The molecule has 0 saturated carbocycles. The molecule has 1 fully saturated rings. The van der Waals surface area contributed by atoms with E-state index in [0.717, 1.165) is 38.8 Å². The fourth-order valence-corrected chi connectivity index (χ4v) is 2.69. The molecule has 2 atom stereocenters. The Morgan fingerprint density at radius 1 is 1.50 bits per heavy atom. The first kappa shape index (κ1) is 15.3. The van der Waals surface area contributed by atoms with E-state index in [0.29, 0.717) is 11.3 Å². The average Bonchev–Trinajstić information content (AvgIpc) is 2.97. The van der Waals surface area contributed by atoms with Gasteiger partial charge in [0.2, 0.25) is 0 Å². The molecule has 1 aliphatic heterocycles. The first-order chi connectivity index (χ1) is 9.76. The molecule has 0 aliphatic carbocycles. The first-order valence-corrected chi connectivity index (χ1v) is 7.43. The van der Waals surface area contributed by atoms with E-state index in [4.69, 9.17) is 9.47 Å². The molecule has 0 radical (unpaired) electrons. The van der Waals surface area contributed by atoms with Gasteiger partial charge in [0, 0.05) is 18.2 Å². The molecule has 0 amide bonds. The van der Waals surface area contributed by atoms with Gasteiger partial charge in [0.05, 0.1) is 13.2 Å². The molecule has 1 aromatic rings. The van der Waals surface area contributed by atoms with Gasteiger partial charge < -0.3 is 14.8 Å². The highest BCUT2D eigenvalue weighted by Crippen LogP contribution is 2.30. The predicted octanol–water partition coefficient (Wildman–Crippen LogP) is 3.44. The summed E-state index contributed by atoms with van der Waals surface area (Å²) in [6.45, 7) is 3.80. The minimum atomic E-state index is -0.262. The van der Waals surface area contributed by atoms with Crippen LogP contribution in [0.4, 0.5) is 4.39 Å². The Hall–Kier alpha value is -1.13. The maximum absolute atomic E-state index is 14.4. The number of hydrogen-bond donors (Lipinski definition) is 1. The van der Waals surface area contributed by atoms with Gasteiger partial charge in [-0.1, -0.05) is 19.1 Å². The summed E-state index contributed by atoms with van der Waals surface area (Å²) < 4.78 is 25.2. The lowest BCUT2D eigenvalue weighted by Gasteiger charge is -2.23. The van der Waals surface area contributed by atoms with Crippen molar-refractivity contribution in [2.45, 2.75) is 44.8 Å². The zero-order chi connectivity index (χ0) is 14.4. The largest absolute Gasteiger partial charge is 0.494 e. The lowest BCUT2D eigenvalue weighted by atomic mass is 9.98. The Labute approximate surface area is 120 Å². The van der Waals surface area contributed by atoms with Crippen molar-refractivity contribution >= 4 is 0 Å². The molecule has 1 N–H and O–H groups in total. The molecule has 112 valence electrons. The van der Waals surface area contributed by atoms with Crippen LogP contribution in [0.15, 0.2) is 18.2 Å². The van der Waals surface area contributed by atoms with Gasteiger partial charge in [-0.2, -0.15) is 0 Å². The fourth-order valence-electron chi connectivity index (χ4n) is 2.69. The summed E-state index contributed by atoms with van der Waals surface area (Å²) in [6.07, 6.45) is 4.23. The van der Waals surface area contributed by atoms with Crippen molar-refractivity contribution in [3.05, 3.63) is 29.6 Å². The van der Waals surface area contributed by atoms with Crippen LogP contribution in [0.3, 0.4) is 0 Å². The maximum Gasteiger partial charge on any atom is 0.169 e. The molecule has 2 rings (SSSR count). The third kappa shape index (κ3) is 3.70. The van der Waals surface area contributed by atoms with Crippen LogP contribution >= 0.6 is 0 Å². The van der Waals surface area contributed by atoms with Gasteiger partial charge in [-0.05, 0) is 38.3 Å². The monoisotopic (exact) mass is 281 g/mol. The van der Waals surface area contributed by atoms with Crippen molar-refractivity contribution in [1.29, 1.82) is 0 Å². The second-order valence-corrected chi connectivity index (χ2v) is 5.24. The number of ether oxygens (including phenoxy) is 2. The fraction of sp³-hybridized carbons (Fsp3) is 0.625. The summed E-state index contributed by atoms with van der Waals surface area (Å²) in [5.41, 5.74) is 0.674. The van der Waals surface area contributed by atoms with Gasteiger partial charge in [0.15, 0.2) is 11.6 Å². The summed E-state index contributed by atoms with van der Waals surface area (Å²) in [6, 6.07) is 5.31. The molecule has 0 aromatic heterocycles. The maximum atomic E-state index is 14.4. The topological polar surface area (TPSA) is 30.5 Å². The zero-order valence-electron chi connectivity index (χ0n) is 12.3. The van der Waals surface area contributed by atoms with Crippen LogP contribution in [-0.2, 0) is 4.74 Å². The Balaban J connectivity index is 2.16. The molecule has 0 bridgehead atoms. The van der Waals surface area contributed by atoms with Gasteiger partial charge >= 0.3 is 0 Å². The van der Waals surface area contributed by atoms with Crippen LogP contribution in [0.5, 0.6) is 5.75 Å². The summed E-state index contributed by atoms with van der Waals surface area (Å²) in [7, 11) is 1.50. The summed E-state index contributed by atoms with van der Waals surface area (Å²) >= 11 is 0. The van der Waals surface area contributed by atoms with Crippen LogP contribution in [0.25, 0.3) is 0 Å². The quantitative estimate of drug-likeness (QED) is 0.830. The molecule has 4 heteroatoms. The number of hydrogen-bond acceptors (Lipinski definition) is 3. The molecule has 20 heavy (non-hydrogen) atoms. The van der Waals surface area contributed by atoms with Gasteiger partial charge in [-0.3, -0.25) is 0 Å². The van der Waals surface area contributed by atoms with Crippen molar-refractivity contribution in [2.75, 3.05) is 20.3 Å². The van der Waals surface area contributed by atoms with Gasteiger partial charge in [-0.15, -0.1) is 0 Å². The second kappa shape index (κ2) is 7.60. The third-order valence-electron chi connectivity index (χ3n) is 3.75. The van der Waals surface area contributed by atoms with Crippen LogP contribution < -0.4 is 10.1 Å². The van der Waals surface area contributed by atoms with Gasteiger partial charge in [0.25, 0.3) is 0 Å². The lowest BCUT2D eigenvalue weighted by molar-refractivity contribution is 0.0941. The van der Waals surface area contributed by atoms with Crippen molar-refractivity contribution in [3.63, 3.8) is 0 Å². The van der Waals surface area contributed by atoms with Crippen molar-refractivity contribution in [3.8, 4) is 5.75 Å². The molecular weight excluding hydrogens is 257 g/mol. The Kier molecular flexibility index (Phi) is 5.80. The van der Waals surface area contributed by atoms with Crippen LogP contribution in [0, 0.1) is 5.82 Å². The molecular formula is C16H24FNO2. The lowest BCUT2D eigenvalue weighted by Crippen LogP contribution is -2.27. The van der Waals surface area contributed by atoms with E-state index in [9.17, 15) is 4.39 Å². The summed E-state index contributed by atoms with van der Waals surface area (Å²) in [5.74, 6) is 0.0414. The molecule has 2 unspecified atom stereocenters. The Morgan fingerprint density at radius 3 is 3.00 bits per heavy atom. The second-order valence-electron chi connectivity index (χ2n) is 5.24.